The van der Waals surface area contributed by atoms with Crippen LogP contribution in [0.3, 0.4) is 0 Å². The zero-order chi connectivity index (χ0) is 9.97. The van der Waals surface area contributed by atoms with Crippen LogP contribution in [0.1, 0.15) is 5.56 Å². The molecule has 0 saturated carbocycles. The number of hydrogen-bond donors (Lipinski definition) is 1. The van der Waals surface area contributed by atoms with Crippen molar-refractivity contribution < 1.29 is 9.84 Å². The molecule has 2 heterocycles. The van der Waals surface area contributed by atoms with E-state index in [-0.39, 0.29) is 13.2 Å². The molecule has 1 N–H and O–H groups in total. The quantitative estimate of drug-likeness (QED) is 0.767. The van der Waals surface area contributed by atoms with Gasteiger partial charge in [-0.25, -0.2) is 9.50 Å². The molecule has 2 rings (SSSR count). The Morgan fingerprint density at radius 1 is 1.57 bits per heavy atom. The van der Waals surface area contributed by atoms with Crippen LogP contribution in [0.2, 0.25) is 0 Å². The van der Waals surface area contributed by atoms with Gasteiger partial charge >= 0.3 is 0 Å². The van der Waals surface area contributed by atoms with E-state index in [1.54, 1.807) is 23.1 Å². The molecule has 5 nitrogen and oxygen atoms in total. The molecule has 0 aliphatic rings. The van der Waals surface area contributed by atoms with E-state index in [1.165, 1.54) is 0 Å². The first kappa shape index (κ1) is 8.96. The van der Waals surface area contributed by atoms with Gasteiger partial charge in [-0.2, -0.15) is 5.10 Å². The predicted octanol–water partition coefficient (Wildman–Crippen LogP) is 0.409. The highest BCUT2D eigenvalue weighted by atomic mass is 16.5. The van der Waals surface area contributed by atoms with E-state index in [2.05, 4.69) is 10.1 Å². The van der Waals surface area contributed by atoms with Crippen LogP contribution in [0.15, 0.2) is 18.6 Å². The van der Waals surface area contributed by atoms with Crippen molar-refractivity contribution in [2.45, 2.75) is 6.92 Å². The predicted molar refractivity (Wildman–Crippen MR) is 50.3 cm³/mol. The Balaban J connectivity index is 2.46. The summed E-state index contributed by atoms with van der Waals surface area (Å²) in [6, 6.07) is 0. The second-order valence-corrected chi connectivity index (χ2v) is 2.93. The number of aliphatic hydroxyl groups is 1. The number of rotatable bonds is 3. The van der Waals surface area contributed by atoms with E-state index in [9.17, 15) is 0 Å². The smallest absolute Gasteiger partial charge is 0.240 e. The maximum atomic E-state index is 8.64. The molecule has 0 aliphatic heterocycles. The zero-order valence-corrected chi connectivity index (χ0v) is 7.84. The lowest BCUT2D eigenvalue weighted by Gasteiger charge is -2.04. The van der Waals surface area contributed by atoms with Crippen LogP contribution >= 0.6 is 0 Å². The summed E-state index contributed by atoms with van der Waals surface area (Å²) in [5.41, 5.74) is 1.85. The molecule has 74 valence electrons. The molecule has 0 saturated heterocycles. The van der Waals surface area contributed by atoms with Crippen molar-refractivity contribution in [2.24, 2.45) is 0 Å². The van der Waals surface area contributed by atoms with Gasteiger partial charge in [0, 0.05) is 18.0 Å². The summed E-state index contributed by atoms with van der Waals surface area (Å²) in [7, 11) is 0. The highest BCUT2D eigenvalue weighted by Gasteiger charge is 2.07. The Labute approximate surface area is 81.0 Å². The molecular weight excluding hydrogens is 182 g/mol. The SMILES string of the molecule is Cc1cnn2ccnc(OCCO)c12. The lowest BCUT2D eigenvalue weighted by molar-refractivity contribution is 0.198. The van der Waals surface area contributed by atoms with Crippen LogP contribution < -0.4 is 4.74 Å². The normalized spacial score (nSPS) is 10.7. The lowest BCUT2D eigenvalue weighted by Crippen LogP contribution is -2.04. The average molecular weight is 193 g/mol. The van der Waals surface area contributed by atoms with Gasteiger partial charge < -0.3 is 9.84 Å². The molecule has 0 spiro atoms. The number of aliphatic hydroxyl groups excluding tert-OH is 1. The minimum Gasteiger partial charge on any atom is -0.474 e. The summed E-state index contributed by atoms with van der Waals surface area (Å²) in [4.78, 5) is 4.08. The number of fused-ring (bicyclic) bond motifs is 1. The van der Waals surface area contributed by atoms with Gasteiger partial charge in [0.2, 0.25) is 5.88 Å². The van der Waals surface area contributed by atoms with Crippen LogP contribution in [0.4, 0.5) is 0 Å². The fourth-order valence-electron chi connectivity index (χ4n) is 1.30. The minimum absolute atomic E-state index is 0.0179. The van der Waals surface area contributed by atoms with Crippen LogP contribution in [0.5, 0.6) is 5.88 Å². The Morgan fingerprint density at radius 2 is 2.43 bits per heavy atom. The number of hydrogen-bond acceptors (Lipinski definition) is 4. The van der Waals surface area contributed by atoms with Gasteiger partial charge in [0.05, 0.1) is 12.8 Å². The summed E-state index contributed by atoms with van der Waals surface area (Å²) in [5, 5.41) is 12.8. The number of aryl methyl sites for hydroxylation is 1. The molecule has 5 heteroatoms. The highest BCUT2D eigenvalue weighted by Crippen LogP contribution is 2.19. The highest BCUT2D eigenvalue weighted by molar-refractivity contribution is 5.60. The number of nitrogens with zero attached hydrogens (tertiary/aromatic N) is 3. The van der Waals surface area contributed by atoms with Crippen LogP contribution in [0, 0.1) is 6.92 Å². The van der Waals surface area contributed by atoms with Crippen molar-refractivity contribution in [3.63, 3.8) is 0 Å². The zero-order valence-electron chi connectivity index (χ0n) is 7.84. The van der Waals surface area contributed by atoms with Gasteiger partial charge in [0.1, 0.15) is 12.1 Å². The lowest BCUT2D eigenvalue weighted by atomic mass is 10.3. The van der Waals surface area contributed by atoms with Crippen molar-refractivity contribution in [1.82, 2.24) is 14.6 Å². The molecule has 0 unspecified atom stereocenters. The van der Waals surface area contributed by atoms with Crippen molar-refractivity contribution >= 4 is 5.52 Å². The molecule has 0 atom stereocenters. The van der Waals surface area contributed by atoms with E-state index in [1.807, 2.05) is 6.92 Å². The molecular formula is C9H11N3O2. The Bertz CT molecular complexity index is 439. The molecule has 2 aromatic heterocycles. The first-order valence-electron chi connectivity index (χ1n) is 4.35. The van der Waals surface area contributed by atoms with E-state index in [0.29, 0.717) is 5.88 Å². The van der Waals surface area contributed by atoms with Crippen LogP contribution in [-0.2, 0) is 0 Å². The maximum absolute atomic E-state index is 8.64. The van der Waals surface area contributed by atoms with E-state index in [4.69, 9.17) is 9.84 Å². The van der Waals surface area contributed by atoms with Crippen molar-refractivity contribution in [3.8, 4) is 5.88 Å². The third kappa shape index (κ3) is 1.42. The monoisotopic (exact) mass is 193 g/mol. The molecule has 0 bridgehead atoms. The topological polar surface area (TPSA) is 59.7 Å². The van der Waals surface area contributed by atoms with Gasteiger partial charge in [-0.05, 0) is 6.92 Å². The summed E-state index contributed by atoms with van der Waals surface area (Å²) in [5.74, 6) is 0.511. The second kappa shape index (κ2) is 3.63. The Morgan fingerprint density at radius 3 is 3.21 bits per heavy atom. The van der Waals surface area contributed by atoms with Crippen molar-refractivity contribution in [3.05, 3.63) is 24.2 Å². The van der Waals surface area contributed by atoms with Crippen LogP contribution in [-0.4, -0.2) is 32.9 Å². The van der Waals surface area contributed by atoms with E-state index >= 15 is 0 Å². The minimum atomic E-state index is -0.0179. The number of ether oxygens (including phenoxy) is 1. The first-order valence-corrected chi connectivity index (χ1v) is 4.35. The molecule has 0 fully saturated rings. The molecule has 0 aromatic carbocycles. The summed E-state index contributed by atoms with van der Waals surface area (Å²) < 4.78 is 6.99. The summed E-state index contributed by atoms with van der Waals surface area (Å²) in [6.07, 6.45) is 5.13. The van der Waals surface area contributed by atoms with Gasteiger partial charge in [0.15, 0.2) is 0 Å². The van der Waals surface area contributed by atoms with Gasteiger partial charge in [-0.1, -0.05) is 0 Å². The largest absolute Gasteiger partial charge is 0.474 e. The molecule has 0 aliphatic carbocycles. The molecule has 2 aromatic rings. The van der Waals surface area contributed by atoms with Crippen molar-refractivity contribution in [2.75, 3.05) is 13.2 Å². The van der Waals surface area contributed by atoms with Gasteiger partial charge in [0.25, 0.3) is 0 Å². The van der Waals surface area contributed by atoms with Gasteiger partial charge in [-0.15, -0.1) is 0 Å². The fraction of sp³-hybridized carbons (Fsp3) is 0.333. The Hall–Kier alpha value is -1.62. The Kier molecular flexibility index (Phi) is 2.32. The third-order valence-electron chi connectivity index (χ3n) is 1.91. The molecule has 14 heavy (non-hydrogen) atoms. The standard InChI is InChI=1S/C9H11N3O2/c1-7-6-11-12-3-2-10-9(8(7)12)14-5-4-13/h2-3,6,13H,4-5H2,1H3. The number of aromatic nitrogens is 3. The molecule has 0 amide bonds. The molecule has 0 radical (unpaired) electrons. The first-order chi connectivity index (χ1) is 6.83. The van der Waals surface area contributed by atoms with Crippen LogP contribution in [0.25, 0.3) is 5.52 Å². The van der Waals surface area contributed by atoms with Gasteiger partial charge in [-0.3, -0.25) is 0 Å². The second-order valence-electron chi connectivity index (χ2n) is 2.93. The van der Waals surface area contributed by atoms with E-state index in [0.717, 1.165) is 11.1 Å². The van der Waals surface area contributed by atoms with Crippen molar-refractivity contribution in [1.29, 1.82) is 0 Å². The summed E-state index contributed by atoms with van der Waals surface area (Å²) in [6.45, 7) is 2.17. The fourth-order valence-corrected chi connectivity index (χ4v) is 1.30. The van der Waals surface area contributed by atoms with E-state index < -0.39 is 0 Å². The maximum Gasteiger partial charge on any atom is 0.240 e. The summed E-state index contributed by atoms with van der Waals surface area (Å²) >= 11 is 0. The third-order valence-corrected chi connectivity index (χ3v) is 1.91. The average Bonchev–Trinajstić information content (AvgIpc) is 2.58.